The summed E-state index contributed by atoms with van der Waals surface area (Å²) in [6.45, 7) is 10.1. The molecule has 1 amide bonds. The minimum absolute atomic E-state index is 0.334. The summed E-state index contributed by atoms with van der Waals surface area (Å²) in [6.07, 6.45) is 5.77. The van der Waals surface area contributed by atoms with Crippen LogP contribution in [0, 0.1) is 5.92 Å². The van der Waals surface area contributed by atoms with Crippen LogP contribution in [0.25, 0.3) is 0 Å². The predicted octanol–water partition coefficient (Wildman–Crippen LogP) is 1.66. The first kappa shape index (κ1) is 15.8. The SMILES string of the molecule is CCC(=O)N1CCC(CCCN2CCN(C)CC2)CC1. The van der Waals surface area contributed by atoms with Gasteiger partial charge in [-0.1, -0.05) is 6.92 Å². The van der Waals surface area contributed by atoms with E-state index < -0.39 is 0 Å². The second kappa shape index (κ2) is 7.99. The van der Waals surface area contributed by atoms with Crippen LogP contribution in [0.2, 0.25) is 0 Å². The Morgan fingerprint density at radius 3 is 2.30 bits per heavy atom. The summed E-state index contributed by atoms with van der Waals surface area (Å²) >= 11 is 0. The molecule has 0 saturated carbocycles. The van der Waals surface area contributed by atoms with Gasteiger partial charge in [0.25, 0.3) is 0 Å². The second-order valence-electron chi connectivity index (χ2n) is 6.46. The van der Waals surface area contributed by atoms with Crippen LogP contribution in [0.15, 0.2) is 0 Å². The molecule has 0 aromatic carbocycles. The van der Waals surface area contributed by atoms with Gasteiger partial charge >= 0.3 is 0 Å². The first-order valence-electron chi connectivity index (χ1n) is 8.37. The zero-order valence-corrected chi connectivity index (χ0v) is 13.3. The van der Waals surface area contributed by atoms with Crippen LogP contribution in [0.1, 0.15) is 39.0 Å². The van der Waals surface area contributed by atoms with Gasteiger partial charge in [-0.25, -0.2) is 0 Å². The molecule has 2 aliphatic rings. The van der Waals surface area contributed by atoms with Gasteiger partial charge < -0.3 is 14.7 Å². The van der Waals surface area contributed by atoms with E-state index in [4.69, 9.17) is 0 Å². The number of hydrogen-bond acceptors (Lipinski definition) is 3. The summed E-state index contributed by atoms with van der Waals surface area (Å²) in [5, 5.41) is 0. The number of amides is 1. The fraction of sp³-hybridized carbons (Fsp3) is 0.938. The van der Waals surface area contributed by atoms with Crippen molar-refractivity contribution in [2.24, 2.45) is 5.92 Å². The van der Waals surface area contributed by atoms with E-state index in [9.17, 15) is 4.79 Å². The number of hydrogen-bond donors (Lipinski definition) is 0. The Bertz CT molecular complexity index is 292. The van der Waals surface area contributed by atoms with Gasteiger partial charge in [-0.05, 0) is 45.2 Å². The van der Waals surface area contributed by atoms with Gasteiger partial charge in [0.1, 0.15) is 0 Å². The molecule has 0 bridgehead atoms. The maximum atomic E-state index is 11.6. The lowest BCUT2D eigenvalue weighted by molar-refractivity contribution is -0.132. The molecule has 4 nitrogen and oxygen atoms in total. The highest BCUT2D eigenvalue weighted by atomic mass is 16.2. The number of likely N-dealkylation sites (N-methyl/N-ethyl adjacent to an activating group) is 1. The van der Waals surface area contributed by atoms with Crippen LogP contribution in [0.4, 0.5) is 0 Å². The Morgan fingerprint density at radius 2 is 1.70 bits per heavy atom. The van der Waals surface area contributed by atoms with Crippen molar-refractivity contribution in [1.29, 1.82) is 0 Å². The third-order valence-electron chi connectivity index (χ3n) is 4.95. The highest BCUT2D eigenvalue weighted by Gasteiger charge is 2.21. The zero-order valence-electron chi connectivity index (χ0n) is 13.3. The normalized spacial score (nSPS) is 23.2. The maximum absolute atomic E-state index is 11.6. The molecule has 116 valence electrons. The van der Waals surface area contributed by atoms with Crippen molar-refractivity contribution in [3.05, 3.63) is 0 Å². The van der Waals surface area contributed by atoms with E-state index in [0.29, 0.717) is 12.3 Å². The smallest absolute Gasteiger partial charge is 0.222 e. The number of rotatable bonds is 5. The third kappa shape index (κ3) is 4.74. The molecule has 0 N–H and O–H groups in total. The Hall–Kier alpha value is -0.610. The highest BCUT2D eigenvalue weighted by Crippen LogP contribution is 2.22. The Balaban J connectivity index is 1.56. The first-order chi connectivity index (χ1) is 9.69. The average Bonchev–Trinajstić information content (AvgIpc) is 2.49. The molecule has 0 spiro atoms. The monoisotopic (exact) mass is 281 g/mol. The summed E-state index contributed by atoms with van der Waals surface area (Å²) in [7, 11) is 2.21. The number of carbonyl (C=O) groups is 1. The minimum Gasteiger partial charge on any atom is -0.343 e. The molecule has 0 radical (unpaired) electrons. The van der Waals surface area contributed by atoms with Gasteiger partial charge in [-0.3, -0.25) is 4.79 Å². The van der Waals surface area contributed by atoms with E-state index >= 15 is 0 Å². The molecule has 0 aromatic heterocycles. The van der Waals surface area contributed by atoms with Crippen molar-refractivity contribution in [3.63, 3.8) is 0 Å². The summed E-state index contributed by atoms with van der Waals surface area (Å²) in [5.74, 6) is 1.18. The van der Waals surface area contributed by atoms with Crippen LogP contribution >= 0.6 is 0 Å². The van der Waals surface area contributed by atoms with Gasteiger partial charge in [0.15, 0.2) is 0 Å². The van der Waals surface area contributed by atoms with E-state index in [-0.39, 0.29) is 0 Å². The highest BCUT2D eigenvalue weighted by molar-refractivity contribution is 5.75. The zero-order chi connectivity index (χ0) is 14.4. The molecule has 2 fully saturated rings. The van der Waals surface area contributed by atoms with Gasteiger partial charge in [0.05, 0.1) is 0 Å². The second-order valence-corrected chi connectivity index (χ2v) is 6.46. The van der Waals surface area contributed by atoms with Gasteiger partial charge in [-0.15, -0.1) is 0 Å². The van der Waals surface area contributed by atoms with Crippen molar-refractivity contribution >= 4 is 5.91 Å². The lowest BCUT2D eigenvalue weighted by atomic mass is 9.92. The van der Waals surface area contributed by atoms with Crippen molar-refractivity contribution in [3.8, 4) is 0 Å². The molecule has 2 aliphatic heterocycles. The molecule has 2 heterocycles. The average molecular weight is 281 g/mol. The van der Waals surface area contributed by atoms with Crippen molar-refractivity contribution in [2.75, 3.05) is 52.9 Å². The largest absolute Gasteiger partial charge is 0.343 e. The van der Waals surface area contributed by atoms with E-state index in [1.807, 2.05) is 6.92 Å². The van der Waals surface area contributed by atoms with E-state index in [0.717, 1.165) is 19.0 Å². The molecule has 4 heteroatoms. The van der Waals surface area contributed by atoms with Gasteiger partial charge in [0, 0.05) is 45.7 Å². The lowest BCUT2D eigenvalue weighted by Gasteiger charge is -2.34. The van der Waals surface area contributed by atoms with Crippen LogP contribution in [0.5, 0.6) is 0 Å². The van der Waals surface area contributed by atoms with Crippen molar-refractivity contribution in [1.82, 2.24) is 14.7 Å². The maximum Gasteiger partial charge on any atom is 0.222 e. The number of likely N-dealkylation sites (tertiary alicyclic amines) is 1. The Kier molecular flexibility index (Phi) is 6.30. The van der Waals surface area contributed by atoms with Gasteiger partial charge in [0.2, 0.25) is 5.91 Å². The van der Waals surface area contributed by atoms with Gasteiger partial charge in [-0.2, -0.15) is 0 Å². The molecule has 2 rings (SSSR count). The first-order valence-corrected chi connectivity index (χ1v) is 8.37. The quantitative estimate of drug-likeness (QED) is 0.767. The molecule has 20 heavy (non-hydrogen) atoms. The molecule has 0 aromatic rings. The number of piperazine rings is 1. The Labute approximate surface area is 124 Å². The topological polar surface area (TPSA) is 26.8 Å². The molecular formula is C16H31N3O. The van der Waals surface area contributed by atoms with Crippen LogP contribution in [-0.4, -0.2) is 73.5 Å². The van der Waals surface area contributed by atoms with E-state index in [1.165, 1.54) is 58.4 Å². The summed E-state index contributed by atoms with van der Waals surface area (Å²) in [4.78, 5) is 18.7. The van der Waals surface area contributed by atoms with E-state index in [2.05, 4.69) is 21.7 Å². The van der Waals surface area contributed by atoms with Crippen molar-refractivity contribution in [2.45, 2.75) is 39.0 Å². The van der Waals surface area contributed by atoms with Crippen LogP contribution < -0.4 is 0 Å². The number of nitrogens with zero attached hydrogens (tertiary/aromatic N) is 3. The molecule has 2 saturated heterocycles. The van der Waals surface area contributed by atoms with E-state index in [1.54, 1.807) is 0 Å². The standard InChI is InChI=1S/C16H31N3O/c1-3-16(20)19-9-6-15(7-10-19)5-4-8-18-13-11-17(2)12-14-18/h15H,3-14H2,1-2H3. The number of carbonyl (C=O) groups excluding carboxylic acids is 1. The molecule has 0 aliphatic carbocycles. The predicted molar refractivity (Wildman–Crippen MR) is 82.8 cm³/mol. The third-order valence-corrected chi connectivity index (χ3v) is 4.95. The van der Waals surface area contributed by atoms with Crippen LogP contribution in [0.3, 0.4) is 0 Å². The number of piperidine rings is 1. The molecular weight excluding hydrogens is 250 g/mol. The van der Waals surface area contributed by atoms with Crippen LogP contribution in [-0.2, 0) is 4.79 Å². The molecule has 0 atom stereocenters. The summed E-state index contributed by atoms with van der Waals surface area (Å²) < 4.78 is 0. The fourth-order valence-electron chi connectivity index (χ4n) is 3.37. The lowest BCUT2D eigenvalue weighted by Crippen LogP contribution is -2.44. The Morgan fingerprint density at radius 1 is 1.05 bits per heavy atom. The van der Waals surface area contributed by atoms with Crippen molar-refractivity contribution < 1.29 is 4.79 Å². The summed E-state index contributed by atoms with van der Waals surface area (Å²) in [6, 6.07) is 0. The molecule has 0 unspecified atom stereocenters. The minimum atomic E-state index is 0.334. The summed E-state index contributed by atoms with van der Waals surface area (Å²) in [5.41, 5.74) is 0. The fourth-order valence-corrected chi connectivity index (χ4v) is 3.37.